The van der Waals surface area contributed by atoms with Crippen LogP contribution < -0.4 is 25.4 Å². The Morgan fingerprint density at radius 3 is 2.50 bits per heavy atom. The van der Waals surface area contributed by atoms with E-state index in [9.17, 15) is 14.4 Å². The Morgan fingerprint density at radius 2 is 1.78 bits per heavy atom. The van der Waals surface area contributed by atoms with Crippen molar-refractivity contribution in [3.63, 3.8) is 0 Å². The predicted octanol–water partition coefficient (Wildman–Crippen LogP) is 2.21. The molecule has 4 rings (SSSR count). The van der Waals surface area contributed by atoms with Gasteiger partial charge < -0.3 is 30.3 Å². The van der Waals surface area contributed by atoms with E-state index < -0.39 is 5.66 Å². The highest BCUT2D eigenvalue weighted by molar-refractivity contribution is 6.02. The summed E-state index contributed by atoms with van der Waals surface area (Å²) < 4.78 is 10.4. The number of nitrogens with one attached hydrogen (secondary N) is 3. The van der Waals surface area contributed by atoms with Crippen LogP contribution >= 0.6 is 0 Å². The van der Waals surface area contributed by atoms with Gasteiger partial charge in [-0.3, -0.25) is 14.4 Å². The number of nitrogens with zero attached hydrogens (tertiary/aromatic N) is 1. The number of hydrogen-bond donors (Lipinski definition) is 3. The molecule has 32 heavy (non-hydrogen) atoms. The molecule has 2 aromatic rings. The third kappa shape index (κ3) is 4.46. The van der Waals surface area contributed by atoms with Crippen molar-refractivity contribution in [3.05, 3.63) is 48.0 Å². The number of anilines is 2. The highest BCUT2D eigenvalue weighted by Gasteiger charge is 2.40. The molecule has 9 nitrogen and oxygen atoms in total. The average Bonchev–Trinajstić information content (AvgIpc) is 2.93. The van der Waals surface area contributed by atoms with E-state index in [1.54, 1.807) is 24.3 Å². The Bertz CT molecular complexity index is 1030. The zero-order valence-corrected chi connectivity index (χ0v) is 18.1. The minimum Gasteiger partial charge on any atom is -0.497 e. The van der Waals surface area contributed by atoms with E-state index in [0.717, 1.165) is 5.69 Å². The van der Waals surface area contributed by atoms with Gasteiger partial charge in [0.05, 0.1) is 26.3 Å². The van der Waals surface area contributed by atoms with Crippen LogP contribution in [-0.2, 0) is 9.59 Å². The second kappa shape index (κ2) is 8.78. The molecule has 0 aromatic heterocycles. The van der Waals surface area contributed by atoms with E-state index in [0.29, 0.717) is 42.1 Å². The van der Waals surface area contributed by atoms with Crippen molar-refractivity contribution in [3.8, 4) is 11.5 Å². The predicted molar refractivity (Wildman–Crippen MR) is 119 cm³/mol. The average molecular weight is 438 g/mol. The molecular formula is C23H26N4O5. The van der Waals surface area contributed by atoms with Crippen LogP contribution in [0.2, 0.25) is 0 Å². The largest absolute Gasteiger partial charge is 0.497 e. The summed E-state index contributed by atoms with van der Waals surface area (Å²) in [5.74, 6) is 0.481. The maximum absolute atomic E-state index is 12.7. The van der Waals surface area contributed by atoms with E-state index >= 15 is 0 Å². The number of amides is 3. The summed E-state index contributed by atoms with van der Waals surface area (Å²) >= 11 is 0. The van der Waals surface area contributed by atoms with E-state index in [1.807, 2.05) is 18.2 Å². The lowest BCUT2D eigenvalue weighted by Gasteiger charge is -2.39. The summed E-state index contributed by atoms with van der Waals surface area (Å²) in [5, 5.41) is 9.23. The van der Waals surface area contributed by atoms with Gasteiger partial charge in [0.15, 0.2) is 0 Å². The number of carbonyl (C=O) groups excluding carboxylic acids is 3. The van der Waals surface area contributed by atoms with Crippen LogP contribution in [0.25, 0.3) is 0 Å². The molecule has 2 aromatic carbocycles. The number of para-hydroxylation sites is 1. The van der Waals surface area contributed by atoms with Gasteiger partial charge in [-0.05, 0) is 18.6 Å². The lowest BCUT2D eigenvalue weighted by Crippen LogP contribution is -2.58. The molecule has 0 aliphatic carbocycles. The first-order chi connectivity index (χ1) is 15.4. The Balaban J connectivity index is 1.42. The second-order valence-corrected chi connectivity index (χ2v) is 7.92. The molecule has 2 heterocycles. The quantitative estimate of drug-likeness (QED) is 0.661. The number of rotatable bonds is 5. The molecule has 1 fully saturated rings. The fourth-order valence-electron chi connectivity index (χ4n) is 4.09. The summed E-state index contributed by atoms with van der Waals surface area (Å²) in [5.41, 5.74) is 1.13. The summed E-state index contributed by atoms with van der Waals surface area (Å²) in [6.45, 7) is 0.252. The Morgan fingerprint density at radius 1 is 1.06 bits per heavy atom. The molecule has 2 aliphatic heterocycles. The SMILES string of the molecule is COc1cc(NC(=O)CN2CCC3(CCC2=O)NC(=O)c2ccccc2N3)cc(OC)c1. The van der Waals surface area contributed by atoms with Gasteiger partial charge in [0.1, 0.15) is 17.2 Å². The first kappa shape index (κ1) is 21.5. The van der Waals surface area contributed by atoms with Crippen molar-refractivity contribution in [2.45, 2.75) is 24.9 Å². The summed E-state index contributed by atoms with van der Waals surface area (Å²) in [6.07, 6.45) is 1.14. The first-order valence-electron chi connectivity index (χ1n) is 10.4. The fourth-order valence-corrected chi connectivity index (χ4v) is 4.09. The topological polar surface area (TPSA) is 109 Å². The van der Waals surface area contributed by atoms with Crippen molar-refractivity contribution < 1.29 is 23.9 Å². The molecule has 168 valence electrons. The number of methoxy groups -OCH3 is 2. The number of hydrogen-bond acceptors (Lipinski definition) is 6. The monoisotopic (exact) mass is 438 g/mol. The molecule has 1 spiro atoms. The van der Waals surface area contributed by atoms with Crippen molar-refractivity contribution in [2.24, 2.45) is 0 Å². The summed E-state index contributed by atoms with van der Waals surface area (Å²) in [4.78, 5) is 39.5. The van der Waals surface area contributed by atoms with Crippen LogP contribution in [-0.4, -0.2) is 55.6 Å². The van der Waals surface area contributed by atoms with Crippen LogP contribution in [0.5, 0.6) is 11.5 Å². The summed E-state index contributed by atoms with van der Waals surface area (Å²) in [6, 6.07) is 12.4. The molecule has 0 saturated carbocycles. The molecule has 1 atom stereocenters. The summed E-state index contributed by atoms with van der Waals surface area (Å²) in [7, 11) is 3.06. The number of likely N-dealkylation sites (tertiary alicyclic amines) is 1. The molecule has 3 N–H and O–H groups in total. The minimum absolute atomic E-state index is 0.0844. The smallest absolute Gasteiger partial charge is 0.255 e. The zero-order valence-electron chi connectivity index (χ0n) is 18.1. The van der Waals surface area contributed by atoms with Crippen molar-refractivity contribution >= 4 is 29.1 Å². The maximum Gasteiger partial charge on any atom is 0.255 e. The lowest BCUT2D eigenvalue weighted by atomic mass is 9.95. The number of ether oxygens (including phenoxy) is 2. The Hall–Kier alpha value is -3.75. The van der Waals surface area contributed by atoms with Crippen molar-refractivity contribution in [2.75, 3.05) is 37.9 Å². The molecule has 1 saturated heterocycles. The first-order valence-corrected chi connectivity index (χ1v) is 10.4. The van der Waals surface area contributed by atoms with E-state index in [-0.39, 0.29) is 30.7 Å². The Labute approximate surface area is 186 Å². The number of fused-ring (bicyclic) bond motifs is 1. The molecule has 2 aliphatic rings. The van der Waals surface area contributed by atoms with Gasteiger partial charge >= 0.3 is 0 Å². The zero-order chi connectivity index (χ0) is 22.7. The van der Waals surface area contributed by atoms with Gasteiger partial charge in [0, 0.05) is 49.0 Å². The molecule has 0 bridgehead atoms. The van der Waals surface area contributed by atoms with Gasteiger partial charge in [-0.15, -0.1) is 0 Å². The lowest BCUT2D eigenvalue weighted by molar-refractivity contribution is -0.134. The highest BCUT2D eigenvalue weighted by Crippen LogP contribution is 2.31. The third-order valence-electron chi connectivity index (χ3n) is 5.79. The Kier molecular flexibility index (Phi) is 5.89. The molecule has 3 amide bonds. The number of carbonyl (C=O) groups is 3. The van der Waals surface area contributed by atoms with Crippen molar-refractivity contribution in [1.82, 2.24) is 10.2 Å². The van der Waals surface area contributed by atoms with Crippen LogP contribution in [0.3, 0.4) is 0 Å². The van der Waals surface area contributed by atoms with Crippen LogP contribution in [0, 0.1) is 0 Å². The van der Waals surface area contributed by atoms with Crippen LogP contribution in [0.15, 0.2) is 42.5 Å². The molecule has 0 radical (unpaired) electrons. The van der Waals surface area contributed by atoms with Gasteiger partial charge in [-0.25, -0.2) is 0 Å². The van der Waals surface area contributed by atoms with Gasteiger partial charge in [0.25, 0.3) is 5.91 Å². The second-order valence-electron chi connectivity index (χ2n) is 7.92. The molecule has 1 unspecified atom stereocenters. The van der Waals surface area contributed by atoms with E-state index in [4.69, 9.17) is 9.47 Å². The van der Waals surface area contributed by atoms with Crippen LogP contribution in [0.4, 0.5) is 11.4 Å². The fraction of sp³-hybridized carbons (Fsp3) is 0.348. The molecule has 9 heteroatoms. The number of benzene rings is 2. The van der Waals surface area contributed by atoms with Gasteiger partial charge in [0.2, 0.25) is 11.8 Å². The highest BCUT2D eigenvalue weighted by atomic mass is 16.5. The van der Waals surface area contributed by atoms with E-state index in [2.05, 4.69) is 16.0 Å². The standard InChI is InChI=1S/C23H26N4O5/c1-31-16-11-15(12-17(13-16)32-2)24-20(28)14-27-10-9-23(8-7-21(27)29)25-19-6-4-3-5-18(19)22(30)26-23/h3-6,11-13,25H,7-10,14H2,1-2H3,(H,24,28)(H,26,30). The maximum atomic E-state index is 12.7. The van der Waals surface area contributed by atoms with E-state index in [1.165, 1.54) is 19.1 Å². The van der Waals surface area contributed by atoms with Crippen LogP contribution in [0.1, 0.15) is 29.6 Å². The third-order valence-corrected chi connectivity index (χ3v) is 5.79. The van der Waals surface area contributed by atoms with Crippen molar-refractivity contribution in [1.29, 1.82) is 0 Å². The van der Waals surface area contributed by atoms with Gasteiger partial charge in [-0.2, -0.15) is 0 Å². The minimum atomic E-state index is -0.716. The van der Waals surface area contributed by atoms with Gasteiger partial charge in [-0.1, -0.05) is 12.1 Å². The normalized spacial score (nSPS) is 20.0. The molecular weight excluding hydrogens is 412 g/mol.